The van der Waals surface area contributed by atoms with Gasteiger partial charge in [-0.25, -0.2) is 0 Å². The highest BCUT2D eigenvalue weighted by Gasteiger charge is 2.47. The molecule has 4 nitrogen and oxygen atoms in total. The molecule has 2 heterocycles. The van der Waals surface area contributed by atoms with Crippen LogP contribution in [0.15, 0.2) is 90.6 Å². The first kappa shape index (κ1) is 17.4. The average Bonchev–Trinajstić information content (AvgIpc) is 3.06. The number of nitrogens with zero attached hydrogens (tertiary/aromatic N) is 2. The van der Waals surface area contributed by atoms with E-state index in [0.717, 1.165) is 17.5 Å². The highest BCUT2D eigenvalue weighted by molar-refractivity contribution is 6.08. The van der Waals surface area contributed by atoms with Gasteiger partial charge < -0.3 is 4.90 Å². The number of rotatable bonds is 2. The fraction of sp³-hybridized carbons (Fsp3) is 0.120. The first-order valence-corrected chi connectivity index (χ1v) is 9.78. The van der Waals surface area contributed by atoms with E-state index in [9.17, 15) is 9.59 Å². The zero-order chi connectivity index (χ0) is 19.8. The molecular weight excluding hydrogens is 360 g/mol. The number of carbonyl (C=O) groups excluding carboxylic acids is 2. The molecule has 0 spiro atoms. The third kappa shape index (κ3) is 2.93. The second-order valence-corrected chi connectivity index (χ2v) is 7.30. The Bertz CT molecular complexity index is 1110. The van der Waals surface area contributed by atoms with Crippen LogP contribution >= 0.6 is 0 Å². The Kier molecular flexibility index (Phi) is 4.24. The molecule has 3 aromatic carbocycles. The summed E-state index contributed by atoms with van der Waals surface area (Å²) in [5.74, 6) is -0.261. The lowest BCUT2D eigenvalue weighted by atomic mass is 9.97. The fourth-order valence-corrected chi connectivity index (χ4v) is 4.20. The molecule has 1 unspecified atom stereocenters. The van der Waals surface area contributed by atoms with E-state index in [1.807, 2.05) is 77.7 Å². The number of hydrogen-bond donors (Lipinski definition) is 0. The summed E-state index contributed by atoms with van der Waals surface area (Å²) in [6, 6.07) is 26.9. The second kappa shape index (κ2) is 7.06. The Morgan fingerprint density at radius 2 is 1.52 bits per heavy atom. The molecule has 2 aliphatic heterocycles. The minimum atomic E-state index is -0.407. The van der Waals surface area contributed by atoms with Crippen LogP contribution in [-0.2, 0) is 11.2 Å². The minimum Gasteiger partial charge on any atom is -0.312 e. The SMILES string of the molecule is O=C1/C(=C\c2ccccc2)N(C(=O)c2ccccc2)C2c3ccccc3CCN12. The Morgan fingerprint density at radius 1 is 0.862 bits per heavy atom. The molecule has 2 amide bonds. The van der Waals surface area contributed by atoms with Gasteiger partial charge in [0.25, 0.3) is 11.8 Å². The van der Waals surface area contributed by atoms with Crippen LogP contribution in [0.3, 0.4) is 0 Å². The third-order valence-electron chi connectivity index (χ3n) is 5.58. The van der Waals surface area contributed by atoms with Gasteiger partial charge in [-0.05, 0) is 41.3 Å². The largest absolute Gasteiger partial charge is 0.312 e. The van der Waals surface area contributed by atoms with E-state index < -0.39 is 6.17 Å². The molecule has 0 N–H and O–H groups in total. The van der Waals surface area contributed by atoms with Gasteiger partial charge in [-0.15, -0.1) is 0 Å². The first-order chi connectivity index (χ1) is 14.2. The smallest absolute Gasteiger partial charge is 0.272 e. The molecule has 3 aromatic rings. The lowest BCUT2D eigenvalue weighted by Gasteiger charge is -2.35. The average molecular weight is 380 g/mol. The molecule has 1 atom stereocenters. The van der Waals surface area contributed by atoms with Gasteiger partial charge in [0.15, 0.2) is 0 Å². The van der Waals surface area contributed by atoms with E-state index in [0.29, 0.717) is 17.8 Å². The molecule has 142 valence electrons. The molecular formula is C25H20N2O2. The molecule has 1 fully saturated rings. The number of benzene rings is 3. The van der Waals surface area contributed by atoms with E-state index in [1.54, 1.807) is 17.0 Å². The van der Waals surface area contributed by atoms with Crippen molar-refractivity contribution < 1.29 is 9.59 Å². The van der Waals surface area contributed by atoms with E-state index in [-0.39, 0.29) is 11.8 Å². The van der Waals surface area contributed by atoms with Crippen molar-refractivity contribution in [3.05, 3.63) is 113 Å². The van der Waals surface area contributed by atoms with Crippen molar-refractivity contribution in [1.82, 2.24) is 9.80 Å². The lowest BCUT2D eigenvalue weighted by molar-refractivity contribution is -0.126. The van der Waals surface area contributed by atoms with Crippen molar-refractivity contribution in [2.24, 2.45) is 0 Å². The third-order valence-corrected chi connectivity index (χ3v) is 5.58. The lowest BCUT2D eigenvalue weighted by Crippen LogP contribution is -2.39. The monoisotopic (exact) mass is 380 g/mol. The fourth-order valence-electron chi connectivity index (χ4n) is 4.20. The van der Waals surface area contributed by atoms with Crippen LogP contribution in [0.25, 0.3) is 6.08 Å². The van der Waals surface area contributed by atoms with Crippen LogP contribution in [0.2, 0.25) is 0 Å². The van der Waals surface area contributed by atoms with Gasteiger partial charge in [0.2, 0.25) is 0 Å². The van der Waals surface area contributed by atoms with E-state index in [2.05, 4.69) is 6.07 Å². The standard InChI is InChI=1S/C25H20N2O2/c28-24(20-12-5-2-6-13-20)27-22(17-18-9-3-1-4-10-18)25(29)26-16-15-19-11-7-8-14-21(19)23(26)27/h1-14,17,23H,15-16H2/b22-17+. The second-order valence-electron chi connectivity index (χ2n) is 7.30. The maximum absolute atomic E-state index is 13.6. The summed E-state index contributed by atoms with van der Waals surface area (Å²) in [5, 5.41) is 0. The van der Waals surface area contributed by atoms with Crippen LogP contribution in [0.4, 0.5) is 0 Å². The van der Waals surface area contributed by atoms with Crippen molar-refractivity contribution in [3.63, 3.8) is 0 Å². The maximum atomic E-state index is 13.6. The quantitative estimate of drug-likeness (QED) is 0.623. The number of hydrogen-bond acceptors (Lipinski definition) is 2. The number of amides is 2. The van der Waals surface area contributed by atoms with Gasteiger partial charge in [0.05, 0.1) is 0 Å². The van der Waals surface area contributed by atoms with Crippen LogP contribution in [0.1, 0.15) is 33.2 Å². The van der Waals surface area contributed by atoms with Crippen molar-refractivity contribution >= 4 is 17.9 Å². The number of carbonyl (C=O) groups is 2. The molecule has 0 radical (unpaired) electrons. The summed E-state index contributed by atoms with van der Waals surface area (Å²) in [7, 11) is 0. The summed E-state index contributed by atoms with van der Waals surface area (Å²) in [6.07, 6.45) is 2.21. The van der Waals surface area contributed by atoms with Gasteiger partial charge in [-0.3, -0.25) is 14.5 Å². The first-order valence-electron chi connectivity index (χ1n) is 9.78. The molecule has 29 heavy (non-hydrogen) atoms. The molecule has 1 saturated heterocycles. The predicted octanol–water partition coefficient (Wildman–Crippen LogP) is 4.27. The summed E-state index contributed by atoms with van der Waals surface area (Å²) >= 11 is 0. The van der Waals surface area contributed by atoms with Gasteiger partial charge in [-0.1, -0.05) is 72.8 Å². The molecule has 0 bridgehead atoms. The highest BCUT2D eigenvalue weighted by atomic mass is 16.2. The van der Waals surface area contributed by atoms with Crippen LogP contribution in [0.5, 0.6) is 0 Å². The molecule has 4 heteroatoms. The van der Waals surface area contributed by atoms with E-state index in [4.69, 9.17) is 0 Å². The zero-order valence-corrected chi connectivity index (χ0v) is 15.9. The predicted molar refractivity (Wildman–Crippen MR) is 112 cm³/mol. The zero-order valence-electron chi connectivity index (χ0n) is 15.9. The topological polar surface area (TPSA) is 40.6 Å². The van der Waals surface area contributed by atoms with Gasteiger partial charge in [0.1, 0.15) is 11.9 Å². The Labute approximate surface area is 169 Å². The molecule has 0 aromatic heterocycles. The van der Waals surface area contributed by atoms with Crippen LogP contribution < -0.4 is 0 Å². The highest BCUT2D eigenvalue weighted by Crippen LogP contribution is 2.42. The maximum Gasteiger partial charge on any atom is 0.272 e. The van der Waals surface area contributed by atoms with Crippen molar-refractivity contribution in [3.8, 4) is 0 Å². The van der Waals surface area contributed by atoms with Crippen molar-refractivity contribution in [2.75, 3.05) is 6.54 Å². The molecule has 2 aliphatic rings. The number of fused-ring (bicyclic) bond motifs is 3. The van der Waals surface area contributed by atoms with Crippen LogP contribution in [-0.4, -0.2) is 28.2 Å². The Balaban J connectivity index is 1.68. The van der Waals surface area contributed by atoms with E-state index in [1.165, 1.54) is 5.56 Å². The molecule has 0 saturated carbocycles. The minimum absolute atomic E-state index is 0.0994. The summed E-state index contributed by atoms with van der Waals surface area (Å²) < 4.78 is 0. The van der Waals surface area contributed by atoms with Gasteiger partial charge in [-0.2, -0.15) is 0 Å². The summed E-state index contributed by atoms with van der Waals surface area (Å²) in [4.78, 5) is 30.4. The van der Waals surface area contributed by atoms with E-state index >= 15 is 0 Å². The van der Waals surface area contributed by atoms with Crippen molar-refractivity contribution in [2.45, 2.75) is 12.6 Å². The van der Waals surface area contributed by atoms with Crippen LogP contribution in [0, 0.1) is 0 Å². The Morgan fingerprint density at radius 3 is 2.28 bits per heavy atom. The summed E-state index contributed by atoms with van der Waals surface area (Å²) in [5.41, 5.74) is 4.10. The summed E-state index contributed by atoms with van der Waals surface area (Å²) in [6.45, 7) is 0.602. The molecule has 0 aliphatic carbocycles. The molecule has 5 rings (SSSR count). The van der Waals surface area contributed by atoms with Gasteiger partial charge >= 0.3 is 0 Å². The normalized spacial score (nSPS) is 19.2. The van der Waals surface area contributed by atoms with Crippen molar-refractivity contribution in [1.29, 1.82) is 0 Å². The van der Waals surface area contributed by atoms with Gasteiger partial charge in [0, 0.05) is 12.1 Å². The Hall–Kier alpha value is -3.66.